The van der Waals surface area contributed by atoms with Crippen LogP contribution in [0.25, 0.3) is 11.2 Å². The maximum absolute atomic E-state index is 13.7. The molecule has 5 rings (SSSR count). The lowest BCUT2D eigenvalue weighted by Crippen LogP contribution is -2.05. The fraction of sp³-hybridized carbons (Fsp3) is 0.238. The van der Waals surface area contributed by atoms with Gasteiger partial charge in [-0.15, -0.1) is 5.10 Å². The minimum Gasteiger partial charge on any atom is -0.352 e. The molecule has 3 aromatic heterocycles. The van der Waals surface area contributed by atoms with Crippen LogP contribution >= 0.6 is 0 Å². The lowest BCUT2D eigenvalue weighted by molar-refractivity contribution is 0.596. The van der Waals surface area contributed by atoms with E-state index in [-0.39, 0.29) is 10.6 Å². The van der Waals surface area contributed by atoms with Crippen molar-refractivity contribution in [2.24, 2.45) is 0 Å². The predicted octanol–water partition coefficient (Wildman–Crippen LogP) is 3.57. The largest absolute Gasteiger partial charge is 0.352 e. The summed E-state index contributed by atoms with van der Waals surface area (Å²) in [5, 5.41) is 14.8. The summed E-state index contributed by atoms with van der Waals surface area (Å²) in [6.07, 6.45) is 4.01. The SMILES string of the molecule is Cc1nc2c(Nc3ccc(F)cc3S(C)(=O)=O)cc(Nc3cc4c(nn3)CCC4)nc2[nH]1. The Morgan fingerprint density at radius 2 is 1.84 bits per heavy atom. The molecule has 0 amide bonds. The third-order valence-electron chi connectivity index (χ3n) is 5.26. The van der Waals surface area contributed by atoms with Crippen LogP contribution in [0.1, 0.15) is 23.5 Å². The number of sulfone groups is 1. The Morgan fingerprint density at radius 1 is 1.00 bits per heavy atom. The summed E-state index contributed by atoms with van der Waals surface area (Å²) in [5.74, 6) is 1.05. The zero-order valence-corrected chi connectivity index (χ0v) is 18.2. The molecule has 4 aromatic rings. The molecule has 3 N–H and O–H groups in total. The number of aromatic amines is 1. The van der Waals surface area contributed by atoms with Gasteiger partial charge in [-0.1, -0.05) is 0 Å². The molecular weight excluding hydrogens is 433 g/mol. The topological polar surface area (TPSA) is 126 Å². The lowest BCUT2D eigenvalue weighted by atomic mass is 10.2. The van der Waals surface area contributed by atoms with E-state index in [1.165, 1.54) is 17.7 Å². The maximum Gasteiger partial charge on any atom is 0.177 e. The van der Waals surface area contributed by atoms with Gasteiger partial charge in [0.1, 0.15) is 23.0 Å². The Bertz CT molecular complexity index is 1470. The summed E-state index contributed by atoms with van der Waals surface area (Å²) >= 11 is 0. The van der Waals surface area contributed by atoms with Crippen molar-refractivity contribution in [3.05, 3.63) is 53.2 Å². The van der Waals surface area contributed by atoms with Crippen molar-refractivity contribution in [1.82, 2.24) is 25.1 Å². The van der Waals surface area contributed by atoms with Gasteiger partial charge in [0.05, 0.1) is 22.0 Å². The molecule has 0 unspecified atom stereocenters. The number of aryl methyl sites for hydroxylation is 3. The molecule has 0 spiro atoms. The van der Waals surface area contributed by atoms with Crippen molar-refractivity contribution in [3.8, 4) is 0 Å². The van der Waals surface area contributed by atoms with Crippen molar-refractivity contribution >= 4 is 44.0 Å². The van der Waals surface area contributed by atoms with Crippen molar-refractivity contribution < 1.29 is 12.8 Å². The Balaban J connectivity index is 1.56. The van der Waals surface area contributed by atoms with E-state index < -0.39 is 15.7 Å². The highest BCUT2D eigenvalue weighted by atomic mass is 32.2. The molecule has 0 aliphatic heterocycles. The van der Waals surface area contributed by atoms with Crippen LogP contribution in [-0.2, 0) is 22.7 Å². The summed E-state index contributed by atoms with van der Waals surface area (Å²) in [7, 11) is -3.67. The van der Waals surface area contributed by atoms with Crippen LogP contribution in [0.4, 0.5) is 27.4 Å². The number of anilines is 4. The molecule has 164 valence electrons. The number of hydrogen-bond acceptors (Lipinski definition) is 8. The number of nitrogens with one attached hydrogen (secondary N) is 3. The van der Waals surface area contributed by atoms with Crippen molar-refractivity contribution in [2.45, 2.75) is 31.1 Å². The summed E-state index contributed by atoms with van der Waals surface area (Å²) in [4.78, 5) is 12.0. The molecule has 1 aliphatic carbocycles. The zero-order chi connectivity index (χ0) is 22.5. The van der Waals surface area contributed by atoms with Gasteiger partial charge in [0.2, 0.25) is 0 Å². The van der Waals surface area contributed by atoms with Crippen LogP contribution in [0.15, 0.2) is 35.2 Å². The number of aromatic nitrogens is 5. The normalized spacial score (nSPS) is 13.3. The quantitative estimate of drug-likeness (QED) is 0.419. The number of halogens is 1. The fourth-order valence-corrected chi connectivity index (χ4v) is 4.68. The highest BCUT2D eigenvalue weighted by Gasteiger charge is 2.18. The fourth-order valence-electron chi connectivity index (χ4n) is 3.84. The van der Waals surface area contributed by atoms with Gasteiger partial charge in [0, 0.05) is 12.3 Å². The van der Waals surface area contributed by atoms with E-state index in [2.05, 4.69) is 35.8 Å². The first-order valence-electron chi connectivity index (χ1n) is 10.0. The van der Waals surface area contributed by atoms with Crippen LogP contribution in [-0.4, -0.2) is 39.8 Å². The molecule has 0 atom stereocenters. The van der Waals surface area contributed by atoms with E-state index >= 15 is 0 Å². The van der Waals surface area contributed by atoms with Gasteiger partial charge >= 0.3 is 0 Å². The van der Waals surface area contributed by atoms with Crippen LogP contribution in [0.2, 0.25) is 0 Å². The number of benzene rings is 1. The van der Waals surface area contributed by atoms with E-state index in [1.807, 2.05) is 6.07 Å². The Hall–Kier alpha value is -3.60. The second kappa shape index (κ2) is 7.52. The molecule has 0 fully saturated rings. The van der Waals surface area contributed by atoms with E-state index in [9.17, 15) is 12.8 Å². The van der Waals surface area contributed by atoms with Crippen molar-refractivity contribution in [3.63, 3.8) is 0 Å². The number of imidazole rings is 1. The monoisotopic (exact) mass is 453 g/mol. The van der Waals surface area contributed by atoms with Gasteiger partial charge < -0.3 is 15.6 Å². The third kappa shape index (κ3) is 3.86. The van der Waals surface area contributed by atoms with Crippen LogP contribution in [0.5, 0.6) is 0 Å². The van der Waals surface area contributed by atoms with E-state index in [4.69, 9.17) is 0 Å². The molecule has 1 aromatic carbocycles. The Kier molecular flexibility index (Phi) is 4.77. The minimum absolute atomic E-state index is 0.145. The predicted molar refractivity (Wildman–Crippen MR) is 119 cm³/mol. The number of hydrogen-bond donors (Lipinski definition) is 3. The van der Waals surface area contributed by atoms with E-state index in [0.29, 0.717) is 34.3 Å². The second-order valence-corrected chi connectivity index (χ2v) is 9.78. The highest BCUT2D eigenvalue weighted by Crippen LogP contribution is 2.32. The van der Waals surface area contributed by atoms with Crippen LogP contribution < -0.4 is 10.6 Å². The highest BCUT2D eigenvalue weighted by molar-refractivity contribution is 7.90. The molecule has 3 heterocycles. The number of fused-ring (bicyclic) bond motifs is 2. The standard InChI is InChI=1S/C21H20FN7O2S/c1-11-23-20-16(25-15-7-6-13(22)9-17(15)32(2,30)31)10-18(27-21(20)24-11)26-19-8-12-4-3-5-14(12)28-29-19/h6-10H,3-5H2,1-2H3,(H3,23,24,25,26,27,29). The van der Waals surface area contributed by atoms with E-state index in [1.54, 1.807) is 13.0 Å². The molecule has 0 radical (unpaired) electrons. The van der Waals surface area contributed by atoms with Gasteiger partial charge in [-0.25, -0.2) is 22.8 Å². The van der Waals surface area contributed by atoms with Crippen molar-refractivity contribution in [2.75, 3.05) is 16.9 Å². The van der Waals surface area contributed by atoms with Crippen LogP contribution in [0.3, 0.4) is 0 Å². The smallest absolute Gasteiger partial charge is 0.177 e. The molecule has 0 saturated carbocycles. The summed E-state index contributed by atoms with van der Waals surface area (Å²) in [6.45, 7) is 1.80. The molecule has 32 heavy (non-hydrogen) atoms. The maximum atomic E-state index is 13.7. The molecule has 9 nitrogen and oxygen atoms in total. The van der Waals surface area contributed by atoms with Gasteiger partial charge in [-0.2, -0.15) is 5.10 Å². The molecule has 0 saturated heterocycles. The number of nitrogens with zero attached hydrogens (tertiary/aromatic N) is 4. The Morgan fingerprint density at radius 3 is 2.66 bits per heavy atom. The summed E-state index contributed by atoms with van der Waals surface area (Å²) in [5.41, 5.74) is 3.97. The van der Waals surface area contributed by atoms with E-state index in [0.717, 1.165) is 37.3 Å². The average molecular weight is 454 g/mol. The second-order valence-electron chi connectivity index (χ2n) is 7.79. The first-order valence-corrected chi connectivity index (χ1v) is 11.9. The summed E-state index contributed by atoms with van der Waals surface area (Å²) < 4.78 is 38.1. The van der Waals surface area contributed by atoms with Crippen molar-refractivity contribution in [1.29, 1.82) is 0 Å². The third-order valence-corrected chi connectivity index (χ3v) is 6.40. The number of rotatable bonds is 5. The first-order chi connectivity index (χ1) is 15.3. The number of pyridine rings is 1. The lowest BCUT2D eigenvalue weighted by Gasteiger charge is -2.13. The molecule has 0 bridgehead atoms. The molecule has 1 aliphatic rings. The average Bonchev–Trinajstić information content (AvgIpc) is 3.34. The van der Waals surface area contributed by atoms with Gasteiger partial charge in [0.25, 0.3) is 0 Å². The minimum atomic E-state index is -3.67. The zero-order valence-electron chi connectivity index (χ0n) is 17.4. The Labute approximate surface area is 183 Å². The molecular formula is C21H20FN7O2S. The first kappa shape index (κ1) is 20.3. The van der Waals surface area contributed by atoms with Gasteiger partial charge in [-0.3, -0.25) is 0 Å². The van der Waals surface area contributed by atoms with Gasteiger partial charge in [0.15, 0.2) is 21.3 Å². The number of H-pyrrole nitrogens is 1. The van der Waals surface area contributed by atoms with Gasteiger partial charge in [-0.05, 0) is 56.0 Å². The summed E-state index contributed by atoms with van der Waals surface area (Å²) in [6, 6.07) is 7.24. The molecule has 11 heteroatoms. The van der Waals surface area contributed by atoms with Crippen LogP contribution in [0, 0.1) is 12.7 Å².